The molecule has 0 spiro atoms. The molecule has 1 aliphatic rings. The van der Waals surface area contributed by atoms with E-state index in [-0.39, 0.29) is 12.4 Å². The van der Waals surface area contributed by atoms with Crippen LogP contribution in [-0.2, 0) is 6.54 Å². The number of benzene rings is 1. The minimum absolute atomic E-state index is 0. The number of hydrogen-bond donors (Lipinski definition) is 1. The van der Waals surface area contributed by atoms with Gasteiger partial charge in [0.05, 0.1) is 0 Å². The molecule has 2 nitrogen and oxygen atoms in total. The molecule has 0 radical (unpaired) electrons. The van der Waals surface area contributed by atoms with E-state index < -0.39 is 0 Å². The summed E-state index contributed by atoms with van der Waals surface area (Å²) < 4.78 is 0. The van der Waals surface area contributed by atoms with Crippen LogP contribution in [0.15, 0.2) is 24.3 Å². The van der Waals surface area contributed by atoms with Crippen LogP contribution < -0.4 is 5.32 Å². The zero-order valence-electron chi connectivity index (χ0n) is 12.4. The van der Waals surface area contributed by atoms with Gasteiger partial charge in [-0.25, -0.2) is 0 Å². The molecular weight excluding hydrogens is 256 g/mol. The van der Waals surface area contributed by atoms with Gasteiger partial charge in [0.1, 0.15) is 0 Å². The highest BCUT2D eigenvalue weighted by atomic mass is 35.5. The summed E-state index contributed by atoms with van der Waals surface area (Å²) in [7, 11) is 2.26. The summed E-state index contributed by atoms with van der Waals surface area (Å²) in [6, 6.07) is 9.86. The summed E-state index contributed by atoms with van der Waals surface area (Å²) in [6.45, 7) is 7.90. The summed E-state index contributed by atoms with van der Waals surface area (Å²) in [5.41, 5.74) is 2.86. The zero-order valence-corrected chi connectivity index (χ0v) is 13.2. The maximum absolute atomic E-state index is 3.43. The van der Waals surface area contributed by atoms with Gasteiger partial charge >= 0.3 is 0 Å². The number of nitrogens with one attached hydrogen (secondary N) is 1. The van der Waals surface area contributed by atoms with Crippen molar-refractivity contribution >= 4 is 12.4 Å². The van der Waals surface area contributed by atoms with Crippen molar-refractivity contribution in [3.63, 3.8) is 0 Å². The lowest BCUT2D eigenvalue weighted by Crippen LogP contribution is -2.40. The second-order valence-electron chi connectivity index (χ2n) is 5.79. The Morgan fingerprint density at radius 2 is 1.74 bits per heavy atom. The Labute approximate surface area is 124 Å². The summed E-state index contributed by atoms with van der Waals surface area (Å²) in [5.74, 6) is 0.626. The lowest BCUT2D eigenvalue weighted by molar-refractivity contribution is 0.192. The van der Waals surface area contributed by atoms with Gasteiger partial charge in [-0.3, -0.25) is 4.90 Å². The minimum atomic E-state index is 0. The second kappa shape index (κ2) is 7.88. The van der Waals surface area contributed by atoms with Gasteiger partial charge in [-0.1, -0.05) is 38.1 Å². The van der Waals surface area contributed by atoms with E-state index in [1.807, 2.05) is 0 Å². The SMILES string of the molecule is CC(C)c1ccc(CN(C)C2CCNCC2)cc1.Cl. The van der Waals surface area contributed by atoms with Crippen molar-refractivity contribution in [2.24, 2.45) is 0 Å². The fourth-order valence-corrected chi connectivity index (χ4v) is 2.67. The van der Waals surface area contributed by atoms with E-state index in [2.05, 4.69) is 55.4 Å². The molecule has 1 N–H and O–H groups in total. The van der Waals surface area contributed by atoms with Crippen LogP contribution in [0.3, 0.4) is 0 Å². The van der Waals surface area contributed by atoms with Crippen LogP contribution in [0.1, 0.15) is 43.7 Å². The molecule has 0 amide bonds. The molecule has 0 unspecified atom stereocenters. The van der Waals surface area contributed by atoms with Crippen molar-refractivity contribution in [2.45, 2.75) is 45.2 Å². The van der Waals surface area contributed by atoms with E-state index >= 15 is 0 Å². The fourth-order valence-electron chi connectivity index (χ4n) is 2.67. The van der Waals surface area contributed by atoms with Crippen LogP contribution in [0, 0.1) is 0 Å². The molecule has 0 aliphatic carbocycles. The van der Waals surface area contributed by atoms with Gasteiger partial charge in [0.2, 0.25) is 0 Å². The summed E-state index contributed by atoms with van der Waals surface area (Å²) >= 11 is 0. The first kappa shape index (κ1) is 16.5. The monoisotopic (exact) mass is 282 g/mol. The lowest BCUT2D eigenvalue weighted by Gasteiger charge is -2.31. The average Bonchev–Trinajstić information content (AvgIpc) is 2.40. The van der Waals surface area contributed by atoms with Crippen molar-refractivity contribution in [2.75, 3.05) is 20.1 Å². The first-order valence-corrected chi connectivity index (χ1v) is 7.16. The van der Waals surface area contributed by atoms with Gasteiger partial charge in [0.25, 0.3) is 0 Å². The van der Waals surface area contributed by atoms with E-state index in [0.717, 1.165) is 12.6 Å². The smallest absolute Gasteiger partial charge is 0.0233 e. The van der Waals surface area contributed by atoms with Crippen molar-refractivity contribution < 1.29 is 0 Å². The molecule has 19 heavy (non-hydrogen) atoms. The number of piperidine rings is 1. The zero-order chi connectivity index (χ0) is 13.0. The number of halogens is 1. The Balaban J connectivity index is 0.00000180. The highest BCUT2D eigenvalue weighted by Crippen LogP contribution is 2.17. The molecule has 0 bridgehead atoms. The van der Waals surface area contributed by atoms with Gasteiger partial charge in [0.15, 0.2) is 0 Å². The number of hydrogen-bond acceptors (Lipinski definition) is 2. The van der Waals surface area contributed by atoms with Crippen molar-refractivity contribution in [1.29, 1.82) is 0 Å². The highest BCUT2D eigenvalue weighted by molar-refractivity contribution is 5.85. The Morgan fingerprint density at radius 3 is 2.26 bits per heavy atom. The third kappa shape index (κ3) is 4.79. The van der Waals surface area contributed by atoms with Crippen LogP contribution >= 0.6 is 12.4 Å². The molecule has 0 atom stereocenters. The van der Waals surface area contributed by atoms with Crippen LogP contribution in [0.4, 0.5) is 0 Å². The van der Waals surface area contributed by atoms with E-state index in [0.29, 0.717) is 5.92 Å². The minimum Gasteiger partial charge on any atom is -0.317 e. The third-order valence-electron chi connectivity index (χ3n) is 4.01. The van der Waals surface area contributed by atoms with E-state index in [1.165, 1.54) is 37.1 Å². The van der Waals surface area contributed by atoms with Crippen molar-refractivity contribution in [3.8, 4) is 0 Å². The van der Waals surface area contributed by atoms with E-state index in [1.54, 1.807) is 0 Å². The summed E-state index contributed by atoms with van der Waals surface area (Å²) in [6.07, 6.45) is 2.56. The molecule has 1 heterocycles. The Kier molecular flexibility index (Phi) is 6.84. The maximum Gasteiger partial charge on any atom is 0.0233 e. The van der Waals surface area contributed by atoms with Crippen LogP contribution in [-0.4, -0.2) is 31.1 Å². The Morgan fingerprint density at radius 1 is 1.16 bits per heavy atom. The summed E-state index contributed by atoms with van der Waals surface area (Å²) in [4.78, 5) is 2.51. The molecule has 2 rings (SSSR count). The third-order valence-corrected chi connectivity index (χ3v) is 4.01. The molecule has 3 heteroatoms. The maximum atomic E-state index is 3.43. The molecule has 0 aromatic heterocycles. The first-order chi connectivity index (χ1) is 8.66. The van der Waals surface area contributed by atoms with Crippen molar-refractivity contribution in [3.05, 3.63) is 35.4 Å². The quantitative estimate of drug-likeness (QED) is 0.910. The molecule has 1 aromatic carbocycles. The van der Waals surface area contributed by atoms with Gasteiger partial charge in [-0.15, -0.1) is 12.4 Å². The van der Waals surface area contributed by atoms with Gasteiger partial charge in [-0.05, 0) is 50.0 Å². The molecule has 1 fully saturated rings. The number of rotatable bonds is 4. The molecule has 0 saturated carbocycles. The first-order valence-electron chi connectivity index (χ1n) is 7.16. The lowest BCUT2D eigenvalue weighted by atomic mass is 10.0. The average molecular weight is 283 g/mol. The Bertz CT molecular complexity index is 356. The van der Waals surface area contributed by atoms with Gasteiger partial charge in [0, 0.05) is 12.6 Å². The Hall–Kier alpha value is -0.570. The van der Waals surface area contributed by atoms with Crippen LogP contribution in [0.2, 0.25) is 0 Å². The van der Waals surface area contributed by atoms with Crippen LogP contribution in [0.25, 0.3) is 0 Å². The molecule has 1 aromatic rings. The van der Waals surface area contributed by atoms with Crippen molar-refractivity contribution in [1.82, 2.24) is 10.2 Å². The van der Waals surface area contributed by atoms with E-state index in [4.69, 9.17) is 0 Å². The van der Waals surface area contributed by atoms with Gasteiger partial charge in [-0.2, -0.15) is 0 Å². The number of nitrogens with zero attached hydrogens (tertiary/aromatic N) is 1. The molecule has 108 valence electrons. The van der Waals surface area contributed by atoms with Crippen LogP contribution in [0.5, 0.6) is 0 Å². The van der Waals surface area contributed by atoms with E-state index in [9.17, 15) is 0 Å². The predicted octanol–water partition coefficient (Wildman–Crippen LogP) is 3.42. The predicted molar refractivity (Wildman–Crippen MR) is 85.1 cm³/mol. The fraction of sp³-hybridized carbons (Fsp3) is 0.625. The topological polar surface area (TPSA) is 15.3 Å². The highest BCUT2D eigenvalue weighted by Gasteiger charge is 2.17. The summed E-state index contributed by atoms with van der Waals surface area (Å²) in [5, 5.41) is 3.43. The standard InChI is InChI=1S/C16H26N2.ClH/c1-13(2)15-6-4-14(5-7-15)12-18(3)16-8-10-17-11-9-16;/h4-7,13,16-17H,8-12H2,1-3H3;1H. The molecule has 1 aliphatic heterocycles. The molecule has 1 saturated heterocycles. The van der Waals surface area contributed by atoms with Gasteiger partial charge < -0.3 is 5.32 Å². The second-order valence-corrected chi connectivity index (χ2v) is 5.79. The largest absolute Gasteiger partial charge is 0.317 e. The normalized spacial score (nSPS) is 16.7. The molecular formula is C16H27ClN2.